The molecule has 3 heterocycles. The molecule has 1 aromatic carbocycles. The summed E-state index contributed by atoms with van der Waals surface area (Å²) in [5.41, 5.74) is 0.856. The van der Waals surface area contributed by atoms with Crippen molar-refractivity contribution in [3.05, 3.63) is 71.4 Å². The number of carbonyl (C=O) groups excluding carboxylic acids is 2. The van der Waals surface area contributed by atoms with Gasteiger partial charge in [0, 0.05) is 0 Å². The van der Waals surface area contributed by atoms with Crippen molar-refractivity contribution in [2.45, 2.75) is 6.04 Å². The number of nitrogens with one attached hydrogen (secondary N) is 1. The van der Waals surface area contributed by atoms with Gasteiger partial charge >= 0.3 is 0 Å². The number of aliphatic hydroxyl groups excluding tert-OH is 1. The zero-order valence-electron chi connectivity index (χ0n) is 15.5. The standard InChI is InChI=1S/C21H22N2O5/c24-19(16-7-4-12-28-16)17-18(15-5-2-1-3-6-15)23(21(26)20(17)25)9-8-22-10-13-27-14-11-22/h1-7,12,18,25H,8-11,13-14H2/p+1. The van der Waals surface area contributed by atoms with E-state index < -0.39 is 23.5 Å². The molecule has 1 unspecified atom stereocenters. The number of furan rings is 1. The van der Waals surface area contributed by atoms with Crippen LogP contribution in [-0.4, -0.2) is 61.1 Å². The Morgan fingerprint density at radius 3 is 2.57 bits per heavy atom. The average Bonchev–Trinajstić information content (AvgIpc) is 3.36. The molecule has 0 bridgehead atoms. The van der Waals surface area contributed by atoms with Gasteiger partial charge in [-0.3, -0.25) is 9.59 Å². The first kappa shape index (κ1) is 18.5. The lowest BCUT2D eigenvalue weighted by Gasteiger charge is -2.29. The fraction of sp³-hybridized carbons (Fsp3) is 0.333. The van der Waals surface area contributed by atoms with Gasteiger partial charge in [-0.05, 0) is 17.7 Å². The van der Waals surface area contributed by atoms with Gasteiger partial charge in [-0.1, -0.05) is 30.3 Å². The zero-order valence-corrected chi connectivity index (χ0v) is 15.5. The van der Waals surface area contributed by atoms with Crippen molar-refractivity contribution < 1.29 is 28.7 Å². The number of hydrogen-bond donors (Lipinski definition) is 2. The molecule has 0 spiro atoms. The fourth-order valence-corrected chi connectivity index (χ4v) is 3.83. The number of benzene rings is 1. The maximum absolute atomic E-state index is 13.0. The first-order valence-electron chi connectivity index (χ1n) is 9.45. The summed E-state index contributed by atoms with van der Waals surface area (Å²) in [6.07, 6.45) is 1.40. The van der Waals surface area contributed by atoms with Crippen LogP contribution in [0.4, 0.5) is 0 Å². The summed E-state index contributed by atoms with van der Waals surface area (Å²) in [7, 11) is 0. The minimum Gasteiger partial charge on any atom is -0.503 e. The average molecular weight is 383 g/mol. The number of quaternary nitrogens is 1. The third kappa shape index (κ3) is 3.46. The molecule has 1 saturated heterocycles. The number of aliphatic hydroxyl groups is 1. The van der Waals surface area contributed by atoms with Crippen molar-refractivity contribution in [2.75, 3.05) is 39.4 Å². The molecule has 1 atom stereocenters. The molecule has 7 heteroatoms. The highest BCUT2D eigenvalue weighted by molar-refractivity contribution is 6.14. The number of hydrogen-bond acceptors (Lipinski definition) is 5. The van der Waals surface area contributed by atoms with Gasteiger partial charge in [-0.15, -0.1) is 0 Å². The summed E-state index contributed by atoms with van der Waals surface area (Å²) in [4.78, 5) is 28.8. The van der Waals surface area contributed by atoms with Gasteiger partial charge in [-0.2, -0.15) is 0 Å². The quantitative estimate of drug-likeness (QED) is 0.720. The van der Waals surface area contributed by atoms with Gasteiger partial charge in [0.05, 0.1) is 44.2 Å². The fourth-order valence-electron chi connectivity index (χ4n) is 3.83. The van der Waals surface area contributed by atoms with Gasteiger partial charge in [0.2, 0.25) is 5.78 Å². The molecule has 0 saturated carbocycles. The number of ether oxygens (including phenoxy) is 1. The lowest BCUT2D eigenvalue weighted by Crippen LogP contribution is -3.14. The summed E-state index contributed by atoms with van der Waals surface area (Å²) in [6, 6.07) is 11.8. The smallest absolute Gasteiger partial charge is 0.290 e. The minimum absolute atomic E-state index is 0.0723. The van der Waals surface area contributed by atoms with Crippen molar-refractivity contribution in [3.8, 4) is 0 Å². The van der Waals surface area contributed by atoms with Gasteiger partial charge in [0.25, 0.3) is 5.91 Å². The second kappa shape index (κ2) is 8.00. The molecule has 4 rings (SSSR count). The third-order valence-electron chi connectivity index (χ3n) is 5.31. The van der Waals surface area contributed by atoms with Gasteiger partial charge in [0.15, 0.2) is 11.5 Å². The lowest BCUT2D eigenvalue weighted by atomic mass is 9.95. The van der Waals surface area contributed by atoms with E-state index in [2.05, 4.69) is 0 Å². The Hall–Kier alpha value is -2.90. The van der Waals surface area contributed by atoms with Gasteiger partial charge < -0.3 is 24.1 Å². The van der Waals surface area contributed by atoms with Crippen LogP contribution in [0.15, 0.2) is 64.5 Å². The van der Waals surface area contributed by atoms with Crippen molar-refractivity contribution in [1.29, 1.82) is 0 Å². The highest BCUT2D eigenvalue weighted by Gasteiger charge is 2.44. The largest absolute Gasteiger partial charge is 0.503 e. The van der Waals surface area contributed by atoms with Crippen molar-refractivity contribution in [3.63, 3.8) is 0 Å². The highest BCUT2D eigenvalue weighted by Crippen LogP contribution is 2.38. The van der Waals surface area contributed by atoms with E-state index in [-0.39, 0.29) is 11.3 Å². The van der Waals surface area contributed by atoms with E-state index in [0.29, 0.717) is 19.8 Å². The summed E-state index contributed by atoms with van der Waals surface area (Å²) >= 11 is 0. The first-order valence-corrected chi connectivity index (χ1v) is 9.45. The Bertz CT molecular complexity index is 869. The molecular formula is C21H23N2O5+. The van der Waals surface area contributed by atoms with Crippen LogP contribution in [0, 0.1) is 0 Å². The minimum atomic E-state index is -0.633. The number of rotatable bonds is 6. The number of amides is 1. The molecule has 1 aromatic heterocycles. The van der Waals surface area contributed by atoms with Crippen LogP contribution in [0.2, 0.25) is 0 Å². The predicted octanol–water partition coefficient (Wildman–Crippen LogP) is 0.773. The van der Waals surface area contributed by atoms with Gasteiger partial charge in [-0.25, -0.2) is 0 Å². The molecule has 0 aliphatic carbocycles. The second-order valence-corrected chi connectivity index (χ2v) is 6.99. The molecule has 7 nitrogen and oxygen atoms in total. The Morgan fingerprint density at radius 1 is 1.14 bits per heavy atom. The van der Waals surface area contributed by atoms with Crippen molar-refractivity contribution >= 4 is 11.7 Å². The SMILES string of the molecule is O=C(C1=C(O)C(=O)N(CC[NH+]2CCOCC2)C1c1ccccc1)c1ccco1. The molecule has 28 heavy (non-hydrogen) atoms. The molecule has 1 amide bonds. The molecule has 146 valence electrons. The van der Waals surface area contributed by atoms with Crippen LogP contribution in [0.25, 0.3) is 0 Å². The molecule has 2 aliphatic heterocycles. The van der Waals surface area contributed by atoms with Gasteiger partial charge in [0.1, 0.15) is 13.1 Å². The lowest BCUT2D eigenvalue weighted by molar-refractivity contribution is -0.907. The number of carbonyl (C=O) groups is 2. The third-order valence-corrected chi connectivity index (χ3v) is 5.31. The van der Waals surface area contributed by atoms with E-state index in [0.717, 1.165) is 25.2 Å². The maximum atomic E-state index is 13.0. The number of nitrogens with zero attached hydrogens (tertiary/aromatic N) is 1. The topological polar surface area (TPSA) is 84.4 Å². The number of morpholine rings is 1. The molecular weight excluding hydrogens is 360 g/mol. The van der Waals surface area contributed by atoms with E-state index in [1.54, 1.807) is 11.0 Å². The highest BCUT2D eigenvalue weighted by atomic mass is 16.5. The van der Waals surface area contributed by atoms with Crippen molar-refractivity contribution in [2.24, 2.45) is 0 Å². The Kier molecular flexibility index (Phi) is 5.27. The Balaban J connectivity index is 1.64. The van der Waals surface area contributed by atoms with E-state index in [1.807, 2.05) is 30.3 Å². The summed E-state index contributed by atoms with van der Waals surface area (Å²) in [5, 5.41) is 10.6. The molecule has 2 aromatic rings. The molecule has 2 aliphatic rings. The monoisotopic (exact) mass is 383 g/mol. The maximum Gasteiger partial charge on any atom is 0.290 e. The molecule has 1 fully saturated rings. The van der Waals surface area contributed by atoms with E-state index in [4.69, 9.17) is 9.15 Å². The normalized spacial score (nSPS) is 20.8. The Morgan fingerprint density at radius 2 is 1.89 bits per heavy atom. The Labute approximate surface area is 162 Å². The van der Waals surface area contributed by atoms with Crippen LogP contribution in [0.5, 0.6) is 0 Å². The van der Waals surface area contributed by atoms with E-state index in [9.17, 15) is 14.7 Å². The van der Waals surface area contributed by atoms with Crippen LogP contribution in [0.3, 0.4) is 0 Å². The predicted molar refractivity (Wildman–Crippen MR) is 100.0 cm³/mol. The second-order valence-electron chi connectivity index (χ2n) is 6.99. The molecule has 0 radical (unpaired) electrons. The van der Waals surface area contributed by atoms with E-state index in [1.165, 1.54) is 17.2 Å². The van der Waals surface area contributed by atoms with Crippen molar-refractivity contribution in [1.82, 2.24) is 4.90 Å². The molecule has 2 N–H and O–H groups in total. The first-order chi connectivity index (χ1) is 13.7. The number of ketones is 1. The summed E-state index contributed by atoms with van der Waals surface area (Å²) < 4.78 is 10.6. The van der Waals surface area contributed by atoms with Crippen LogP contribution < -0.4 is 4.90 Å². The van der Waals surface area contributed by atoms with E-state index >= 15 is 0 Å². The van der Waals surface area contributed by atoms with Crippen LogP contribution in [-0.2, 0) is 9.53 Å². The van der Waals surface area contributed by atoms with Crippen LogP contribution in [0.1, 0.15) is 22.2 Å². The summed E-state index contributed by atoms with van der Waals surface area (Å²) in [6.45, 7) is 4.35. The summed E-state index contributed by atoms with van der Waals surface area (Å²) in [5.74, 6) is -1.37. The number of Topliss-reactive ketones (excluding diaryl/α,β-unsaturated/α-hetero) is 1. The zero-order chi connectivity index (χ0) is 19.5. The van der Waals surface area contributed by atoms with Crippen LogP contribution >= 0.6 is 0 Å².